The van der Waals surface area contributed by atoms with Crippen LogP contribution in [-0.4, -0.2) is 39.8 Å². The van der Waals surface area contributed by atoms with Gasteiger partial charge in [0.1, 0.15) is 11.4 Å². The number of hydrogen-bond donors (Lipinski definition) is 3. The van der Waals surface area contributed by atoms with Crippen LogP contribution in [0.15, 0.2) is 47.5 Å². The van der Waals surface area contributed by atoms with E-state index in [-0.39, 0.29) is 23.9 Å². The molecule has 0 aliphatic rings. The van der Waals surface area contributed by atoms with Crippen LogP contribution in [-0.2, 0) is 13.0 Å². The Balaban J connectivity index is 0.00000420. The Morgan fingerprint density at radius 2 is 1.90 bits per heavy atom. The van der Waals surface area contributed by atoms with Crippen molar-refractivity contribution in [1.29, 1.82) is 0 Å². The van der Waals surface area contributed by atoms with E-state index in [0.717, 1.165) is 12.0 Å². The third-order valence-electron chi connectivity index (χ3n) is 5.97. The molecule has 2 aromatic heterocycles. The predicted molar refractivity (Wildman–Crippen MR) is 152 cm³/mol. The quantitative estimate of drug-likeness (QED) is 0.294. The van der Waals surface area contributed by atoms with E-state index in [1.54, 1.807) is 36.1 Å². The fourth-order valence-corrected chi connectivity index (χ4v) is 4.19. The number of aromatic nitrogens is 3. The first-order chi connectivity index (χ1) is 18.2. The van der Waals surface area contributed by atoms with E-state index in [1.807, 2.05) is 19.1 Å². The molecule has 5 N–H and O–H groups in total. The molecule has 0 saturated heterocycles. The minimum Gasteiger partial charge on any atom is -0.493 e. The lowest BCUT2D eigenvalue weighted by atomic mass is 10.0. The molecule has 0 aliphatic heterocycles. The van der Waals surface area contributed by atoms with Crippen LogP contribution in [0.3, 0.4) is 0 Å². The van der Waals surface area contributed by atoms with Crippen molar-refractivity contribution in [3.8, 4) is 23.3 Å². The smallest absolute Gasteiger partial charge is 0.341 e. The van der Waals surface area contributed by atoms with Crippen LogP contribution < -0.4 is 26.4 Å². The van der Waals surface area contributed by atoms with Gasteiger partial charge in [-0.1, -0.05) is 18.8 Å². The number of aryl methyl sites for hydroxylation is 1. The Morgan fingerprint density at radius 1 is 1.13 bits per heavy atom. The summed E-state index contributed by atoms with van der Waals surface area (Å²) in [6, 6.07) is 8.79. The van der Waals surface area contributed by atoms with Gasteiger partial charge in [0, 0.05) is 41.9 Å². The van der Waals surface area contributed by atoms with Crippen molar-refractivity contribution in [2.75, 3.05) is 25.7 Å². The monoisotopic (exact) mass is 549 g/mol. The molecule has 0 unspecified atom stereocenters. The van der Waals surface area contributed by atoms with Crippen molar-refractivity contribution in [2.24, 2.45) is 0 Å². The average molecular weight is 550 g/mol. The first-order valence-corrected chi connectivity index (χ1v) is 11.8. The predicted octanol–water partition coefficient (Wildman–Crippen LogP) is 3.49. The van der Waals surface area contributed by atoms with Crippen LogP contribution in [0.1, 0.15) is 46.0 Å². The molecule has 0 saturated carbocycles. The molecule has 4 rings (SSSR count). The van der Waals surface area contributed by atoms with Crippen LogP contribution in [0.4, 0.5) is 11.8 Å². The Bertz CT molecular complexity index is 1670. The first-order valence-electron chi connectivity index (χ1n) is 11.8. The fourth-order valence-electron chi connectivity index (χ4n) is 4.19. The summed E-state index contributed by atoms with van der Waals surface area (Å²) in [6.45, 7) is 2.53. The summed E-state index contributed by atoms with van der Waals surface area (Å²) < 4.78 is 12.9. The Hall–Kier alpha value is -4.75. The molecule has 0 aliphatic carbocycles. The second-order valence-electron chi connectivity index (χ2n) is 8.55. The minimum absolute atomic E-state index is 0. The second-order valence-corrected chi connectivity index (χ2v) is 8.55. The van der Waals surface area contributed by atoms with Crippen molar-refractivity contribution in [2.45, 2.75) is 26.3 Å². The summed E-state index contributed by atoms with van der Waals surface area (Å²) in [4.78, 5) is 32.3. The molecule has 0 atom stereocenters. The zero-order valence-electron chi connectivity index (χ0n) is 21.6. The van der Waals surface area contributed by atoms with Crippen LogP contribution >= 0.6 is 12.4 Å². The number of carboxylic acids is 1. The van der Waals surface area contributed by atoms with E-state index in [1.165, 1.54) is 13.3 Å². The molecule has 2 heterocycles. The Morgan fingerprint density at radius 3 is 2.54 bits per heavy atom. The molecule has 0 fully saturated rings. The number of aromatic carboxylic acids is 1. The zero-order valence-corrected chi connectivity index (χ0v) is 22.5. The van der Waals surface area contributed by atoms with Crippen molar-refractivity contribution in [3.05, 3.63) is 80.8 Å². The summed E-state index contributed by atoms with van der Waals surface area (Å²) in [7, 11) is 3.08. The normalized spacial score (nSPS) is 10.3. The molecule has 0 spiro atoms. The highest BCUT2D eigenvalue weighted by atomic mass is 35.5. The van der Waals surface area contributed by atoms with Gasteiger partial charge in [0.25, 0.3) is 0 Å². The molecule has 4 aromatic rings. The van der Waals surface area contributed by atoms with E-state index in [9.17, 15) is 14.7 Å². The fraction of sp³-hybridized carbons (Fsp3) is 0.214. The zero-order chi connectivity index (χ0) is 27.4. The van der Waals surface area contributed by atoms with Crippen molar-refractivity contribution in [3.63, 3.8) is 0 Å². The van der Waals surface area contributed by atoms with Gasteiger partial charge in [-0.3, -0.25) is 4.79 Å². The first kappa shape index (κ1) is 28.8. The third kappa shape index (κ3) is 6.05. The van der Waals surface area contributed by atoms with Crippen LogP contribution in [0.25, 0.3) is 10.9 Å². The van der Waals surface area contributed by atoms with Gasteiger partial charge >= 0.3 is 5.97 Å². The van der Waals surface area contributed by atoms with E-state index in [0.29, 0.717) is 57.9 Å². The third-order valence-corrected chi connectivity index (χ3v) is 5.97. The van der Waals surface area contributed by atoms with Gasteiger partial charge in [0.15, 0.2) is 11.5 Å². The maximum Gasteiger partial charge on any atom is 0.341 e. The number of benzene rings is 2. The van der Waals surface area contributed by atoms with Crippen molar-refractivity contribution < 1.29 is 19.4 Å². The highest BCUT2D eigenvalue weighted by Gasteiger charge is 2.15. The number of nitrogens with zero attached hydrogens (tertiary/aromatic N) is 3. The molecule has 11 heteroatoms. The SMILES string of the molecule is CCCn1cc(C(=O)O)c(=O)c2ccc(C#Cc3cc(Cc4cnc(N)nc4N)cc(OC)c3OC)cc21.Cl. The second kappa shape index (κ2) is 12.2. The maximum absolute atomic E-state index is 12.7. The summed E-state index contributed by atoms with van der Waals surface area (Å²) >= 11 is 0. The minimum atomic E-state index is -1.25. The average Bonchev–Trinajstić information content (AvgIpc) is 2.90. The number of carboxylic acid groups (broad SMARTS) is 1. The summed E-state index contributed by atoms with van der Waals surface area (Å²) in [5.74, 6) is 6.39. The summed E-state index contributed by atoms with van der Waals surface area (Å²) in [5, 5.41) is 9.77. The Kier molecular flexibility index (Phi) is 9.01. The number of pyridine rings is 1. The molecule has 39 heavy (non-hydrogen) atoms. The summed E-state index contributed by atoms with van der Waals surface area (Å²) in [6.07, 6.45) is 4.16. The lowest BCUT2D eigenvalue weighted by molar-refractivity contribution is 0.0694. The summed E-state index contributed by atoms with van der Waals surface area (Å²) in [5.41, 5.74) is 14.2. The Labute approximate surface area is 231 Å². The van der Waals surface area contributed by atoms with Gasteiger partial charge < -0.3 is 30.6 Å². The molecular formula is C28H28ClN5O5. The topological polar surface area (TPSA) is 156 Å². The standard InChI is InChI=1S/C28H27N5O5.ClH/c1-4-9-33-15-21(27(35)36)24(34)20-8-6-16(12-22(20)33)5-7-18-10-17(13-23(37-2)25(18)38-3)11-19-14-31-28(30)32-26(19)29;/h6,8,10,12-15H,4,9,11H2,1-3H3,(H,35,36)(H4,29,30,31,32);1H. The van der Waals surface area contributed by atoms with Crippen LogP contribution in [0, 0.1) is 11.8 Å². The van der Waals surface area contributed by atoms with Crippen molar-refractivity contribution >= 4 is 41.0 Å². The molecule has 0 radical (unpaired) electrons. The van der Waals surface area contributed by atoms with Gasteiger partial charge in [0.2, 0.25) is 11.4 Å². The lowest BCUT2D eigenvalue weighted by Crippen LogP contribution is -2.19. The van der Waals surface area contributed by atoms with E-state index >= 15 is 0 Å². The number of nitrogens with two attached hydrogens (primary N) is 2. The number of nitrogen functional groups attached to an aromatic ring is 2. The van der Waals surface area contributed by atoms with E-state index in [4.69, 9.17) is 20.9 Å². The largest absolute Gasteiger partial charge is 0.493 e. The van der Waals surface area contributed by atoms with Gasteiger partial charge in [-0.25, -0.2) is 9.78 Å². The number of anilines is 2. The highest BCUT2D eigenvalue weighted by molar-refractivity contribution is 5.93. The molecule has 10 nitrogen and oxygen atoms in total. The number of methoxy groups -OCH3 is 2. The maximum atomic E-state index is 12.7. The van der Waals surface area contributed by atoms with Crippen molar-refractivity contribution in [1.82, 2.24) is 14.5 Å². The number of ether oxygens (including phenoxy) is 2. The lowest BCUT2D eigenvalue weighted by Gasteiger charge is -2.13. The van der Waals surface area contributed by atoms with Gasteiger partial charge in [-0.2, -0.15) is 4.98 Å². The molecular weight excluding hydrogens is 522 g/mol. The molecule has 2 aromatic carbocycles. The van der Waals surface area contributed by atoms with E-state index < -0.39 is 11.4 Å². The highest BCUT2D eigenvalue weighted by Crippen LogP contribution is 2.33. The number of fused-ring (bicyclic) bond motifs is 1. The number of hydrogen-bond acceptors (Lipinski definition) is 8. The van der Waals surface area contributed by atoms with Crippen LogP contribution in [0.5, 0.6) is 11.5 Å². The van der Waals surface area contributed by atoms with Gasteiger partial charge in [-0.15, -0.1) is 12.4 Å². The van der Waals surface area contributed by atoms with Gasteiger partial charge in [0.05, 0.1) is 25.3 Å². The number of rotatable bonds is 7. The van der Waals surface area contributed by atoms with Crippen LogP contribution in [0.2, 0.25) is 0 Å². The van der Waals surface area contributed by atoms with Gasteiger partial charge in [-0.05, 0) is 42.3 Å². The van der Waals surface area contributed by atoms with E-state index in [2.05, 4.69) is 21.8 Å². The number of halogens is 1. The molecule has 0 bridgehead atoms. The molecule has 0 amide bonds. The number of carbonyl (C=O) groups is 1. The molecule has 202 valence electrons.